The van der Waals surface area contributed by atoms with Gasteiger partial charge < -0.3 is 4.74 Å². The third-order valence-electron chi connectivity index (χ3n) is 2.44. The van der Waals surface area contributed by atoms with Gasteiger partial charge in [0.05, 0.1) is 5.56 Å². The molecule has 0 saturated carbocycles. The van der Waals surface area contributed by atoms with Gasteiger partial charge in [0, 0.05) is 5.56 Å². The van der Waals surface area contributed by atoms with Gasteiger partial charge in [-0.05, 0) is 24.3 Å². The summed E-state index contributed by atoms with van der Waals surface area (Å²) >= 11 is 0. The first kappa shape index (κ1) is 12.2. The van der Waals surface area contributed by atoms with E-state index < -0.39 is 11.6 Å². The summed E-state index contributed by atoms with van der Waals surface area (Å²) in [7, 11) is 0. The molecule has 0 unspecified atom stereocenters. The van der Waals surface area contributed by atoms with Crippen molar-refractivity contribution in [3.63, 3.8) is 0 Å². The zero-order valence-electron chi connectivity index (χ0n) is 9.40. The second-order valence-corrected chi connectivity index (χ2v) is 3.68. The highest BCUT2D eigenvalue weighted by Crippen LogP contribution is 2.17. The number of ether oxygens (including phenoxy) is 1. The van der Waals surface area contributed by atoms with Crippen molar-refractivity contribution in [2.75, 3.05) is 0 Å². The number of carbonyl (C=O) groups excluding carboxylic acids is 1. The molecule has 0 aliphatic carbocycles. The Morgan fingerprint density at radius 2 is 1.72 bits per heavy atom. The van der Waals surface area contributed by atoms with Gasteiger partial charge in [-0.2, -0.15) is 0 Å². The molecule has 0 aliphatic heterocycles. The van der Waals surface area contributed by atoms with Crippen LogP contribution >= 0.6 is 0 Å². The maximum atomic E-state index is 13.3. The molecular formula is C14H10F2O2. The van der Waals surface area contributed by atoms with Gasteiger partial charge in [-0.1, -0.05) is 18.2 Å². The van der Waals surface area contributed by atoms with E-state index in [-0.39, 0.29) is 12.2 Å². The van der Waals surface area contributed by atoms with Crippen molar-refractivity contribution >= 4 is 6.29 Å². The topological polar surface area (TPSA) is 26.3 Å². The molecule has 0 aliphatic rings. The standard InChI is InChI=1S/C14H10F2O2/c15-13-5-2-6-14(16)12(13)9-18-11-4-1-3-10(7-11)8-17/h1-8H,9H2. The van der Waals surface area contributed by atoms with Gasteiger partial charge in [-0.15, -0.1) is 0 Å². The molecule has 92 valence electrons. The maximum Gasteiger partial charge on any atom is 0.150 e. The lowest BCUT2D eigenvalue weighted by molar-refractivity contribution is 0.112. The summed E-state index contributed by atoms with van der Waals surface area (Å²) in [4.78, 5) is 10.6. The number of hydrogen-bond donors (Lipinski definition) is 0. The highest BCUT2D eigenvalue weighted by Gasteiger charge is 2.08. The lowest BCUT2D eigenvalue weighted by Crippen LogP contribution is -2.01. The summed E-state index contributed by atoms with van der Waals surface area (Å²) in [6, 6.07) is 10.0. The highest BCUT2D eigenvalue weighted by atomic mass is 19.1. The van der Waals surface area contributed by atoms with Gasteiger partial charge in [0.15, 0.2) is 0 Å². The second-order valence-electron chi connectivity index (χ2n) is 3.68. The van der Waals surface area contributed by atoms with Crippen molar-refractivity contribution in [2.45, 2.75) is 6.61 Å². The Kier molecular flexibility index (Phi) is 3.67. The monoisotopic (exact) mass is 248 g/mol. The minimum Gasteiger partial charge on any atom is -0.489 e. The molecule has 2 rings (SSSR count). The number of benzene rings is 2. The van der Waals surface area contributed by atoms with E-state index in [1.807, 2.05) is 0 Å². The van der Waals surface area contributed by atoms with Crippen molar-refractivity contribution in [1.29, 1.82) is 0 Å². The van der Waals surface area contributed by atoms with Crippen LogP contribution in [-0.2, 0) is 6.61 Å². The normalized spacial score (nSPS) is 10.1. The van der Waals surface area contributed by atoms with Crippen LogP contribution in [0.2, 0.25) is 0 Å². The van der Waals surface area contributed by atoms with Crippen molar-refractivity contribution < 1.29 is 18.3 Å². The lowest BCUT2D eigenvalue weighted by Gasteiger charge is -2.08. The van der Waals surface area contributed by atoms with E-state index in [1.165, 1.54) is 24.3 Å². The van der Waals surface area contributed by atoms with E-state index in [0.717, 1.165) is 0 Å². The first-order valence-corrected chi connectivity index (χ1v) is 5.31. The average molecular weight is 248 g/mol. The summed E-state index contributed by atoms with van der Waals surface area (Å²) in [5, 5.41) is 0. The van der Waals surface area contributed by atoms with E-state index in [4.69, 9.17) is 4.74 Å². The Morgan fingerprint density at radius 3 is 2.39 bits per heavy atom. The summed E-state index contributed by atoms with van der Waals surface area (Å²) in [6.45, 7) is -0.221. The number of halogens is 2. The van der Waals surface area contributed by atoms with E-state index in [9.17, 15) is 13.6 Å². The van der Waals surface area contributed by atoms with Crippen LogP contribution in [-0.4, -0.2) is 6.29 Å². The van der Waals surface area contributed by atoms with Crippen LogP contribution in [0.5, 0.6) is 5.75 Å². The summed E-state index contributed by atoms with van der Waals surface area (Å²) < 4.78 is 31.9. The highest BCUT2D eigenvalue weighted by molar-refractivity contribution is 5.75. The fourth-order valence-corrected chi connectivity index (χ4v) is 1.50. The molecule has 2 aromatic rings. The van der Waals surface area contributed by atoms with Crippen LogP contribution in [0.15, 0.2) is 42.5 Å². The number of carbonyl (C=O) groups is 1. The predicted molar refractivity (Wildman–Crippen MR) is 62.5 cm³/mol. The van der Waals surface area contributed by atoms with E-state index in [2.05, 4.69) is 0 Å². The molecule has 0 bridgehead atoms. The number of aldehydes is 1. The molecule has 0 N–H and O–H groups in total. The largest absolute Gasteiger partial charge is 0.489 e. The number of rotatable bonds is 4. The minimum atomic E-state index is -0.651. The van der Waals surface area contributed by atoms with Crippen LogP contribution in [0, 0.1) is 11.6 Å². The Labute approximate surface area is 103 Å². The van der Waals surface area contributed by atoms with E-state index in [1.54, 1.807) is 18.2 Å². The molecule has 18 heavy (non-hydrogen) atoms. The first-order chi connectivity index (χ1) is 8.70. The van der Waals surface area contributed by atoms with Gasteiger partial charge in [0.2, 0.25) is 0 Å². The molecule has 0 saturated heterocycles. The molecule has 0 spiro atoms. The van der Waals surface area contributed by atoms with Crippen LogP contribution in [0.25, 0.3) is 0 Å². The molecule has 0 radical (unpaired) electrons. The Bertz CT molecular complexity index is 547. The third-order valence-corrected chi connectivity index (χ3v) is 2.44. The Balaban J connectivity index is 2.13. The van der Waals surface area contributed by atoms with Crippen LogP contribution < -0.4 is 4.74 Å². The SMILES string of the molecule is O=Cc1cccc(OCc2c(F)cccc2F)c1. The molecule has 2 aromatic carbocycles. The van der Waals surface area contributed by atoms with Crippen molar-refractivity contribution in [2.24, 2.45) is 0 Å². The second kappa shape index (κ2) is 5.40. The molecule has 0 fully saturated rings. The Hall–Kier alpha value is -2.23. The fraction of sp³-hybridized carbons (Fsp3) is 0.0714. The minimum absolute atomic E-state index is 0.131. The molecule has 0 amide bonds. The van der Waals surface area contributed by atoms with Crippen LogP contribution in [0.4, 0.5) is 8.78 Å². The predicted octanol–water partition coefficient (Wildman–Crippen LogP) is 3.36. The van der Waals surface area contributed by atoms with E-state index in [0.29, 0.717) is 17.6 Å². The molecule has 0 aromatic heterocycles. The maximum absolute atomic E-state index is 13.3. The van der Waals surface area contributed by atoms with Gasteiger partial charge in [0.1, 0.15) is 30.3 Å². The quantitative estimate of drug-likeness (QED) is 0.775. The molecule has 0 atom stereocenters. The van der Waals surface area contributed by atoms with Gasteiger partial charge in [-0.25, -0.2) is 8.78 Å². The van der Waals surface area contributed by atoms with E-state index >= 15 is 0 Å². The summed E-state index contributed by atoms with van der Waals surface area (Å²) in [5.74, 6) is -0.912. The lowest BCUT2D eigenvalue weighted by atomic mass is 10.2. The molecule has 4 heteroatoms. The van der Waals surface area contributed by atoms with Crippen LogP contribution in [0.3, 0.4) is 0 Å². The van der Waals surface area contributed by atoms with Crippen LogP contribution in [0.1, 0.15) is 15.9 Å². The zero-order chi connectivity index (χ0) is 13.0. The molecule has 2 nitrogen and oxygen atoms in total. The van der Waals surface area contributed by atoms with Crippen molar-refractivity contribution in [3.8, 4) is 5.75 Å². The smallest absolute Gasteiger partial charge is 0.150 e. The third kappa shape index (κ3) is 2.71. The van der Waals surface area contributed by atoms with Crippen molar-refractivity contribution in [3.05, 3.63) is 65.2 Å². The Morgan fingerprint density at radius 1 is 1.06 bits per heavy atom. The van der Waals surface area contributed by atoms with Gasteiger partial charge in [-0.3, -0.25) is 4.79 Å². The fourth-order valence-electron chi connectivity index (χ4n) is 1.50. The van der Waals surface area contributed by atoms with Gasteiger partial charge in [0.25, 0.3) is 0 Å². The summed E-state index contributed by atoms with van der Waals surface area (Å²) in [6.07, 6.45) is 0.677. The molecular weight excluding hydrogens is 238 g/mol. The zero-order valence-corrected chi connectivity index (χ0v) is 9.40. The van der Waals surface area contributed by atoms with Crippen molar-refractivity contribution in [1.82, 2.24) is 0 Å². The average Bonchev–Trinajstić information content (AvgIpc) is 2.38. The molecule has 0 heterocycles. The van der Waals surface area contributed by atoms with Gasteiger partial charge >= 0.3 is 0 Å². The summed E-state index contributed by atoms with van der Waals surface area (Å²) in [5.41, 5.74) is 0.315. The first-order valence-electron chi connectivity index (χ1n) is 5.31. The number of hydrogen-bond acceptors (Lipinski definition) is 2.